The van der Waals surface area contributed by atoms with E-state index in [9.17, 15) is 4.79 Å². The number of nitriles is 1. The van der Waals surface area contributed by atoms with Gasteiger partial charge in [-0.2, -0.15) is 5.26 Å². The van der Waals surface area contributed by atoms with E-state index in [2.05, 4.69) is 0 Å². The van der Waals surface area contributed by atoms with E-state index in [1.807, 2.05) is 13.0 Å². The minimum atomic E-state index is -0.333. The summed E-state index contributed by atoms with van der Waals surface area (Å²) in [6.07, 6.45) is -0.333. The van der Waals surface area contributed by atoms with Gasteiger partial charge in [0.2, 0.25) is 0 Å². The minimum Gasteiger partial charge on any atom is -0.484 e. The van der Waals surface area contributed by atoms with Crippen molar-refractivity contribution in [2.45, 2.75) is 19.1 Å². The SMILES string of the molecule is CC1COC(CO)CN1C(=O)COc1ccc(C#N)cc1. The number of nitrogens with zero attached hydrogens (tertiary/aromatic N) is 2. The second kappa shape index (κ2) is 7.07. The second-order valence-electron chi connectivity index (χ2n) is 4.96. The smallest absolute Gasteiger partial charge is 0.260 e. The highest BCUT2D eigenvalue weighted by atomic mass is 16.5. The maximum Gasteiger partial charge on any atom is 0.260 e. The molecule has 1 saturated heterocycles. The predicted molar refractivity (Wildman–Crippen MR) is 74.7 cm³/mol. The molecule has 1 aliphatic rings. The predicted octanol–water partition coefficient (Wildman–Crippen LogP) is 0.545. The number of hydrogen-bond acceptors (Lipinski definition) is 5. The molecule has 1 amide bonds. The fourth-order valence-electron chi connectivity index (χ4n) is 2.13. The largest absolute Gasteiger partial charge is 0.484 e. The molecule has 0 saturated carbocycles. The number of morpholine rings is 1. The number of rotatable bonds is 4. The average molecular weight is 290 g/mol. The summed E-state index contributed by atoms with van der Waals surface area (Å²) in [6.45, 7) is 2.50. The number of hydrogen-bond donors (Lipinski definition) is 1. The standard InChI is InChI=1S/C15H18N2O4/c1-11-9-20-14(8-18)7-17(11)15(19)10-21-13-4-2-12(6-16)3-5-13/h2-5,11,14,18H,7-10H2,1H3. The van der Waals surface area contributed by atoms with Crippen LogP contribution in [0.5, 0.6) is 5.75 Å². The van der Waals surface area contributed by atoms with Crippen molar-refractivity contribution in [3.63, 3.8) is 0 Å². The number of benzene rings is 1. The fourth-order valence-corrected chi connectivity index (χ4v) is 2.13. The summed E-state index contributed by atoms with van der Waals surface area (Å²) in [5.41, 5.74) is 0.543. The van der Waals surface area contributed by atoms with Gasteiger partial charge in [-0.15, -0.1) is 0 Å². The lowest BCUT2D eigenvalue weighted by atomic mass is 10.2. The molecule has 0 spiro atoms. The molecule has 2 atom stereocenters. The molecule has 2 rings (SSSR count). The molecule has 21 heavy (non-hydrogen) atoms. The molecular formula is C15H18N2O4. The zero-order valence-corrected chi connectivity index (χ0v) is 11.9. The maximum atomic E-state index is 12.2. The van der Waals surface area contributed by atoms with Gasteiger partial charge in [-0.05, 0) is 31.2 Å². The van der Waals surface area contributed by atoms with E-state index < -0.39 is 0 Å². The third kappa shape index (κ3) is 3.94. The van der Waals surface area contributed by atoms with Crippen molar-refractivity contribution in [1.29, 1.82) is 5.26 Å². The van der Waals surface area contributed by atoms with Crippen molar-refractivity contribution in [1.82, 2.24) is 4.90 Å². The molecule has 6 nitrogen and oxygen atoms in total. The first kappa shape index (κ1) is 15.3. The van der Waals surface area contributed by atoms with E-state index in [4.69, 9.17) is 19.8 Å². The van der Waals surface area contributed by atoms with Crippen LogP contribution in [0.1, 0.15) is 12.5 Å². The van der Waals surface area contributed by atoms with Gasteiger partial charge in [-0.3, -0.25) is 4.79 Å². The van der Waals surface area contributed by atoms with Gasteiger partial charge in [0.05, 0.1) is 37.0 Å². The Morgan fingerprint density at radius 3 is 2.86 bits per heavy atom. The van der Waals surface area contributed by atoms with Crippen LogP contribution in [0, 0.1) is 11.3 Å². The molecule has 1 N–H and O–H groups in total. The number of carbonyl (C=O) groups excluding carboxylic acids is 1. The summed E-state index contributed by atoms with van der Waals surface area (Å²) in [7, 11) is 0. The van der Waals surface area contributed by atoms with Crippen LogP contribution in [0.25, 0.3) is 0 Å². The number of aliphatic hydroxyl groups is 1. The molecule has 1 aliphatic heterocycles. The molecular weight excluding hydrogens is 272 g/mol. The summed E-state index contributed by atoms with van der Waals surface area (Å²) in [6, 6.07) is 8.57. The second-order valence-corrected chi connectivity index (χ2v) is 4.96. The Hall–Kier alpha value is -2.10. The van der Waals surface area contributed by atoms with Gasteiger partial charge in [0, 0.05) is 6.54 Å². The quantitative estimate of drug-likeness (QED) is 0.875. The molecule has 1 aromatic carbocycles. The summed E-state index contributed by atoms with van der Waals surface area (Å²) < 4.78 is 10.8. The summed E-state index contributed by atoms with van der Waals surface area (Å²) in [5, 5.41) is 17.8. The van der Waals surface area contributed by atoms with Crippen LogP contribution in [-0.2, 0) is 9.53 Å². The normalized spacial score (nSPS) is 21.7. The zero-order valence-electron chi connectivity index (χ0n) is 11.9. The Morgan fingerprint density at radius 1 is 1.52 bits per heavy atom. The van der Waals surface area contributed by atoms with Crippen molar-refractivity contribution in [3.8, 4) is 11.8 Å². The third-order valence-corrected chi connectivity index (χ3v) is 3.38. The van der Waals surface area contributed by atoms with Gasteiger partial charge in [0.15, 0.2) is 6.61 Å². The highest BCUT2D eigenvalue weighted by Gasteiger charge is 2.29. The highest BCUT2D eigenvalue weighted by molar-refractivity contribution is 5.78. The van der Waals surface area contributed by atoms with Crippen LogP contribution >= 0.6 is 0 Å². The van der Waals surface area contributed by atoms with Crippen LogP contribution in [-0.4, -0.2) is 54.4 Å². The number of aliphatic hydroxyl groups excluding tert-OH is 1. The third-order valence-electron chi connectivity index (χ3n) is 3.38. The fraction of sp³-hybridized carbons (Fsp3) is 0.467. The zero-order chi connectivity index (χ0) is 15.2. The molecule has 1 heterocycles. The van der Waals surface area contributed by atoms with Gasteiger partial charge < -0.3 is 19.5 Å². The molecule has 1 fully saturated rings. The van der Waals surface area contributed by atoms with Crippen LogP contribution < -0.4 is 4.74 Å². The van der Waals surface area contributed by atoms with Crippen molar-refractivity contribution in [3.05, 3.63) is 29.8 Å². The van der Waals surface area contributed by atoms with Crippen LogP contribution in [0.15, 0.2) is 24.3 Å². The van der Waals surface area contributed by atoms with Crippen molar-refractivity contribution < 1.29 is 19.4 Å². The molecule has 2 unspecified atom stereocenters. The van der Waals surface area contributed by atoms with Gasteiger partial charge in [-0.1, -0.05) is 0 Å². The van der Waals surface area contributed by atoms with Crippen molar-refractivity contribution in [2.75, 3.05) is 26.4 Å². The van der Waals surface area contributed by atoms with Crippen LogP contribution in [0.2, 0.25) is 0 Å². The molecule has 112 valence electrons. The maximum absolute atomic E-state index is 12.2. The molecule has 1 aromatic rings. The van der Waals surface area contributed by atoms with Gasteiger partial charge in [0.25, 0.3) is 5.91 Å². The molecule has 0 aliphatic carbocycles. The Morgan fingerprint density at radius 2 is 2.24 bits per heavy atom. The average Bonchev–Trinajstić information content (AvgIpc) is 2.53. The van der Waals surface area contributed by atoms with Crippen molar-refractivity contribution in [2.24, 2.45) is 0 Å². The number of amides is 1. The van der Waals surface area contributed by atoms with E-state index in [0.29, 0.717) is 24.5 Å². The van der Waals surface area contributed by atoms with E-state index in [0.717, 1.165) is 0 Å². The van der Waals surface area contributed by atoms with Gasteiger partial charge >= 0.3 is 0 Å². The monoisotopic (exact) mass is 290 g/mol. The molecule has 6 heteroatoms. The lowest BCUT2D eigenvalue weighted by Gasteiger charge is -2.37. The molecule has 0 aromatic heterocycles. The number of ether oxygens (including phenoxy) is 2. The summed E-state index contributed by atoms with van der Waals surface area (Å²) in [5.74, 6) is 0.399. The molecule has 0 bridgehead atoms. The van der Waals surface area contributed by atoms with E-state index >= 15 is 0 Å². The first-order valence-corrected chi connectivity index (χ1v) is 6.79. The highest BCUT2D eigenvalue weighted by Crippen LogP contribution is 2.14. The summed E-state index contributed by atoms with van der Waals surface area (Å²) in [4.78, 5) is 13.8. The van der Waals surface area contributed by atoms with Gasteiger partial charge in [0.1, 0.15) is 5.75 Å². The lowest BCUT2D eigenvalue weighted by Crippen LogP contribution is -2.53. The van der Waals surface area contributed by atoms with Gasteiger partial charge in [-0.25, -0.2) is 0 Å². The summed E-state index contributed by atoms with van der Waals surface area (Å²) >= 11 is 0. The first-order chi connectivity index (χ1) is 10.1. The van der Waals surface area contributed by atoms with E-state index in [1.165, 1.54) is 0 Å². The van der Waals surface area contributed by atoms with Crippen LogP contribution in [0.4, 0.5) is 0 Å². The van der Waals surface area contributed by atoms with Crippen LogP contribution in [0.3, 0.4) is 0 Å². The number of carbonyl (C=O) groups is 1. The van der Waals surface area contributed by atoms with E-state index in [-0.39, 0.29) is 31.3 Å². The Bertz CT molecular complexity index is 523. The molecule has 0 radical (unpaired) electrons. The lowest BCUT2D eigenvalue weighted by molar-refractivity contribution is -0.148. The first-order valence-electron chi connectivity index (χ1n) is 6.79. The Labute approximate surface area is 123 Å². The Balaban J connectivity index is 1.89. The topological polar surface area (TPSA) is 82.8 Å². The van der Waals surface area contributed by atoms with E-state index in [1.54, 1.807) is 29.2 Å². The van der Waals surface area contributed by atoms with Crippen molar-refractivity contribution >= 4 is 5.91 Å². The minimum absolute atomic E-state index is 0.0372. The Kier molecular flexibility index (Phi) is 5.14.